The van der Waals surface area contributed by atoms with Crippen molar-refractivity contribution in [1.29, 1.82) is 0 Å². The molecule has 0 amide bonds. The Labute approximate surface area is 107 Å². The molecule has 0 bridgehead atoms. The van der Waals surface area contributed by atoms with Crippen LogP contribution in [0.5, 0.6) is 0 Å². The number of carbonyl (C=O) groups is 1. The highest BCUT2D eigenvalue weighted by molar-refractivity contribution is 5.73. The minimum Gasteiger partial charge on any atom is -0.480 e. The van der Waals surface area contributed by atoms with E-state index >= 15 is 0 Å². The van der Waals surface area contributed by atoms with E-state index in [0.717, 1.165) is 12.0 Å². The molecule has 0 spiro atoms. The van der Waals surface area contributed by atoms with Gasteiger partial charge >= 0.3 is 5.97 Å². The number of hydrogen-bond acceptors (Lipinski definition) is 2. The fraction of sp³-hybridized carbons (Fsp3) is 0.500. The van der Waals surface area contributed by atoms with Gasteiger partial charge in [0.2, 0.25) is 0 Å². The maximum absolute atomic E-state index is 13.4. The third-order valence-corrected chi connectivity index (χ3v) is 3.02. The Hall–Kier alpha value is -1.42. The third kappa shape index (κ3) is 3.81. The average Bonchev–Trinajstić information content (AvgIpc) is 2.31. The molecule has 0 aliphatic rings. The maximum atomic E-state index is 13.4. The Morgan fingerprint density at radius 1 is 1.50 bits per heavy atom. The van der Waals surface area contributed by atoms with Gasteiger partial charge in [-0.05, 0) is 37.5 Å². The highest BCUT2D eigenvalue weighted by atomic mass is 19.1. The lowest BCUT2D eigenvalue weighted by Gasteiger charge is -2.20. The van der Waals surface area contributed by atoms with E-state index in [-0.39, 0.29) is 11.9 Å². The topological polar surface area (TPSA) is 49.3 Å². The normalized spacial score (nSPS) is 14.2. The summed E-state index contributed by atoms with van der Waals surface area (Å²) in [5, 5.41) is 12.1. The fourth-order valence-corrected chi connectivity index (χ4v) is 1.84. The first kappa shape index (κ1) is 14.6. The summed E-state index contributed by atoms with van der Waals surface area (Å²) in [4.78, 5) is 11.0. The number of rotatable bonds is 6. The summed E-state index contributed by atoms with van der Waals surface area (Å²) in [6.45, 7) is 5.48. The Morgan fingerprint density at radius 2 is 2.17 bits per heavy atom. The maximum Gasteiger partial charge on any atom is 0.320 e. The van der Waals surface area contributed by atoms with Gasteiger partial charge in [0.25, 0.3) is 0 Å². The molecule has 0 saturated heterocycles. The molecule has 0 aromatic heterocycles. The van der Waals surface area contributed by atoms with Gasteiger partial charge in [-0.15, -0.1) is 0 Å². The van der Waals surface area contributed by atoms with Crippen LogP contribution in [0.4, 0.5) is 4.39 Å². The van der Waals surface area contributed by atoms with Crippen molar-refractivity contribution >= 4 is 5.97 Å². The van der Waals surface area contributed by atoms with Gasteiger partial charge in [0.1, 0.15) is 11.9 Å². The monoisotopic (exact) mass is 253 g/mol. The Kier molecular flexibility index (Phi) is 5.28. The van der Waals surface area contributed by atoms with Crippen LogP contribution in [0.3, 0.4) is 0 Å². The number of nitrogens with one attached hydrogen (secondary N) is 1. The number of aliphatic carboxylic acids is 1. The van der Waals surface area contributed by atoms with Crippen molar-refractivity contribution in [3.8, 4) is 0 Å². The van der Waals surface area contributed by atoms with Gasteiger partial charge in [0.15, 0.2) is 0 Å². The smallest absolute Gasteiger partial charge is 0.320 e. The van der Waals surface area contributed by atoms with Crippen molar-refractivity contribution in [2.24, 2.45) is 0 Å². The number of aryl methyl sites for hydroxylation is 1. The molecule has 1 aromatic carbocycles. The molecule has 0 aliphatic carbocycles. The lowest BCUT2D eigenvalue weighted by molar-refractivity contribution is -0.139. The first-order valence-electron chi connectivity index (χ1n) is 6.20. The molecule has 2 N–H and O–H groups in total. The summed E-state index contributed by atoms with van der Waals surface area (Å²) in [5.41, 5.74) is 1.36. The zero-order chi connectivity index (χ0) is 13.7. The zero-order valence-corrected chi connectivity index (χ0v) is 11.0. The van der Waals surface area contributed by atoms with Gasteiger partial charge in [0.05, 0.1) is 0 Å². The van der Waals surface area contributed by atoms with Crippen molar-refractivity contribution in [3.05, 3.63) is 35.1 Å². The van der Waals surface area contributed by atoms with Crippen LogP contribution in [0.25, 0.3) is 0 Å². The highest BCUT2D eigenvalue weighted by Gasteiger charge is 2.19. The van der Waals surface area contributed by atoms with Crippen molar-refractivity contribution in [2.45, 2.75) is 45.7 Å². The Morgan fingerprint density at radius 3 is 2.67 bits per heavy atom. The minimum absolute atomic E-state index is 0.187. The summed E-state index contributed by atoms with van der Waals surface area (Å²) < 4.78 is 13.4. The van der Waals surface area contributed by atoms with E-state index in [0.29, 0.717) is 12.0 Å². The lowest BCUT2D eigenvalue weighted by Crippen LogP contribution is -2.38. The van der Waals surface area contributed by atoms with E-state index in [2.05, 4.69) is 5.32 Å². The van der Waals surface area contributed by atoms with Crippen LogP contribution < -0.4 is 5.32 Å². The minimum atomic E-state index is -0.865. The van der Waals surface area contributed by atoms with Gasteiger partial charge in [-0.3, -0.25) is 10.1 Å². The molecular formula is C14H20FNO2. The van der Waals surface area contributed by atoms with E-state index in [4.69, 9.17) is 5.11 Å². The van der Waals surface area contributed by atoms with Gasteiger partial charge in [-0.25, -0.2) is 4.39 Å². The Bertz CT molecular complexity index is 420. The Balaban J connectivity index is 2.76. The summed E-state index contributed by atoms with van der Waals surface area (Å²) in [5.74, 6) is -1.13. The van der Waals surface area contributed by atoms with E-state index < -0.39 is 12.0 Å². The molecule has 2 atom stereocenters. The fourth-order valence-electron chi connectivity index (χ4n) is 1.84. The molecule has 0 saturated carbocycles. The van der Waals surface area contributed by atoms with Crippen molar-refractivity contribution in [1.82, 2.24) is 5.32 Å². The van der Waals surface area contributed by atoms with Crippen molar-refractivity contribution in [2.75, 3.05) is 0 Å². The number of benzene rings is 1. The molecule has 1 aromatic rings. The second-order valence-electron chi connectivity index (χ2n) is 4.58. The first-order valence-corrected chi connectivity index (χ1v) is 6.20. The second kappa shape index (κ2) is 6.50. The summed E-state index contributed by atoms with van der Waals surface area (Å²) in [6.07, 6.45) is 1.35. The van der Waals surface area contributed by atoms with Crippen molar-refractivity contribution in [3.63, 3.8) is 0 Å². The van der Waals surface area contributed by atoms with Gasteiger partial charge in [-0.2, -0.15) is 0 Å². The van der Waals surface area contributed by atoms with Crippen LogP contribution in [0.2, 0.25) is 0 Å². The molecule has 1 rings (SSSR count). The van der Waals surface area contributed by atoms with Crippen LogP contribution in [0.15, 0.2) is 18.2 Å². The molecule has 100 valence electrons. The van der Waals surface area contributed by atoms with Gasteiger partial charge in [0, 0.05) is 6.04 Å². The number of halogens is 1. The van der Waals surface area contributed by atoms with Crippen LogP contribution in [0.1, 0.15) is 43.9 Å². The molecule has 0 radical (unpaired) electrons. The standard InChI is InChI=1S/C14H20FNO2/c1-4-5-13(14(17)18)16-10(3)11-7-6-9(2)12(15)8-11/h6-8,10,13,16H,4-5H2,1-3H3,(H,17,18). The van der Waals surface area contributed by atoms with Crippen LogP contribution in [0, 0.1) is 12.7 Å². The number of hydrogen-bond donors (Lipinski definition) is 2. The van der Waals surface area contributed by atoms with Crippen LogP contribution >= 0.6 is 0 Å². The van der Waals surface area contributed by atoms with E-state index in [9.17, 15) is 9.18 Å². The SMILES string of the molecule is CCCC(NC(C)c1ccc(C)c(F)c1)C(=O)O. The average molecular weight is 253 g/mol. The largest absolute Gasteiger partial charge is 0.480 e. The molecule has 0 aliphatic heterocycles. The zero-order valence-electron chi connectivity index (χ0n) is 11.0. The quantitative estimate of drug-likeness (QED) is 0.819. The van der Waals surface area contributed by atoms with Gasteiger partial charge in [-0.1, -0.05) is 25.5 Å². The number of carboxylic acids is 1. The number of carboxylic acid groups (broad SMARTS) is 1. The van der Waals surface area contributed by atoms with E-state index in [1.165, 1.54) is 6.07 Å². The van der Waals surface area contributed by atoms with Crippen LogP contribution in [-0.4, -0.2) is 17.1 Å². The summed E-state index contributed by atoms with van der Waals surface area (Å²) in [7, 11) is 0. The molecule has 2 unspecified atom stereocenters. The first-order chi connectivity index (χ1) is 8.45. The molecule has 3 nitrogen and oxygen atoms in total. The molecular weight excluding hydrogens is 233 g/mol. The molecule has 0 fully saturated rings. The van der Waals surface area contributed by atoms with E-state index in [1.807, 2.05) is 19.9 Å². The van der Waals surface area contributed by atoms with Gasteiger partial charge < -0.3 is 5.11 Å². The summed E-state index contributed by atoms with van der Waals surface area (Å²) >= 11 is 0. The van der Waals surface area contributed by atoms with Crippen LogP contribution in [-0.2, 0) is 4.79 Å². The van der Waals surface area contributed by atoms with Crippen molar-refractivity contribution < 1.29 is 14.3 Å². The van der Waals surface area contributed by atoms with E-state index in [1.54, 1.807) is 13.0 Å². The molecule has 0 heterocycles. The molecule has 4 heteroatoms. The second-order valence-corrected chi connectivity index (χ2v) is 4.58. The molecule has 18 heavy (non-hydrogen) atoms. The third-order valence-electron chi connectivity index (χ3n) is 3.02. The highest BCUT2D eigenvalue weighted by Crippen LogP contribution is 2.17. The predicted octanol–water partition coefficient (Wildman–Crippen LogP) is 3.04. The lowest BCUT2D eigenvalue weighted by atomic mass is 10.0. The predicted molar refractivity (Wildman–Crippen MR) is 69.0 cm³/mol. The summed E-state index contributed by atoms with van der Waals surface area (Å²) in [6, 6.07) is 4.21.